The van der Waals surface area contributed by atoms with Crippen LogP contribution in [-0.2, 0) is 9.59 Å². The lowest BCUT2D eigenvalue weighted by molar-refractivity contribution is -0.142. The fraction of sp³-hybridized carbons (Fsp3) is 0.833. The first kappa shape index (κ1) is 14.0. The van der Waals surface area contributed by atoms with Gasteiger partial charge in [-0.05, 0) is 25.2 Å². The summed E-state index contributed by atoms with van der Waals surface area (Å²) in [5, 5.41) is 14.8. The normalized spacial score (nSPS) is 16.9. The Kier molecular flexibility index (Phi) is 5.41. The Morgan fingerprint density at radius 3 is 2.47 bits per heavy atom. The Bertz CT molecular complexity index is 275. The second-order valence-corrected chi connectivity index (χ2v) is 5.07. The van der Waals surface area contributed by atoms with Crippen LogP contribution < -0.4 is 10.6 Å². The molecule has 0 radical (unpaired) electrons. The SMILES string of the molecule is CC(C)C[C@H](NC(=O)CCNC1CC1)C(=O)O. The Morgan fingerprint density at radius 2 is 2.00 bits per heavy atom. The summed E-state index contributed by atoms with van der Waals surface area (Å²) in [7, 11) is 0. The van der Waals surface area contributed by atoms with Gasteiger partial charge in [0.2, 0.25) is 5.91 Å². The number of carbonyl (C=O) groups is 2. The van der Waals surface area contributed by atoms with E-state index in [2.05, 4.69) is 10.6 Å². The van der Waals surface area contributed by atoms with Crippen molar-refractivity contribution in [3.63, 3.8) is 0 Å². The molecule has 0 aromatic rings. The van der Waals surface area contributed by atoms with Gasteiger partial charge in [-0.2, -0.15) is 0 Å². The number of carboxylic acids is 1. The lowest BCUT2D eigenvalue weighted by atomic mass is 10.0. The lowest BCUT2D eigenvalue weighted by Gasteiger charge is -2.16. The van der Waals surface area contributed by atoms with E-state index < -0.39 is 12.0 Å². The minimum atomic E-state index is -0.956. The van der Waals surface area contributed by atoms with Crippen molar-refractivity contribution in [1.82, 2.24) is 10.6 Å². The Labute approximate surface area is 102 Å². The summed E-state index contributed by atoms with van der Waals surface area (Å²) in [5.74, 6) is -0.894. The predicted octanol–water partition coefficient (Wildman–Crippen LogP) is 0.744. The molecule has 0 heterocycles. The van der Waals surface area contributed by atoms with E-state index >= 15 is 0 Å². The molecule has 98 valence electrons. The summed E-state index contributed by atoms with van der Waals surface area (Å²) in [6.07, 6.45) is 3.19. The van der Waals surface area contributed by atoms with Gasteiger partial charge in [0.05, 0.1) is 0 Å². The van der Waals surface area contributed by atoms with Gasteiger partial charge in [0.25, 0.3) is 0 Å². The van der Waals surface area contributed by atoms with Crippen LogP contribution in [0.1, 0.15) is 39.5 Å². The van der Waals surface area contributed by atoms with Gasteiger partial charge in [0.15, 0.2) is 0 Å². The fourth-order valence-corrected chi connectivity index (χ4v) is 1.64. The zero-order valence-corrected chi connectivity index (χ0v) is 10.5. The molecule has 5 heteroatoms. The predicted molar refractivity (Wildman–Crippen MR) is 64.7 cm³/mol. The van der Waals surface area contributed by atoms with E-state index in [0.29, 0.717) is 25.4 Å². The molecule has 0 saturated heterocycles. The maximum Gasteiger partial charge on any atom is 0.326 e. The van der Waals surface area contributed by atoms with Gasteiger partial charge < -0.3 is 15.7 Å². The van der Waals surface area contributed by atoms with Crippen molar-refractivity contribution in [2.75, 3.05) is 6.54 Å². The van der Waals surface area contributed by atoms with Crippen LogP contribution in [0, 0.1) is 5.92 Å². The van der Waals surface area contributed by atoms with Gasteiger partial charge in [0.1, 0.15) is 6.04 Å². The van der Waals surface area contributed by atoms with E-state index in [0.717, 1.165) is 0 Å². The topological polar surface area (TPSA) is 78.4 Å². The molecule has 1 amide bonds. The highest BCUT2D eigenvalue weighted by atomic mass is 16.4. The first-order valence-electron chi connectivity index (χ1n) is 6.24. The third-order valence-electron chi connectivity index (χ3n) is 2.70. The van der Waals surface area contributed by atoms with Gasteiger partial charge >= 0.3 is 5.97 Å². The van der Waals surface area contributed by atoms with Crippen LogP contribution in [0.5, 0.6) is 0 Å². The molecular formula is C12H22N2O3. The molecule has 1 fully saturated rings. The van der Waals surface area contributed by atoms with Gasteiger partial charge in [-0.25, -0.2) is 4.79 Å². The molecule has 1 rings (SSSR count). The smallest absolute Gasteiger partial charge is 0.326 e. The highest BCUT2D eigenvalue weighted by Gasteiger charge is 2.22. The van der Waals surface area contributed by atoms with Crippen LogP contribution in [-0.4, -0.2) is 35.6 Å². The van der Waals surface area contributed by atoms with E-state index in [1.807, 2.05) is 13.8 Å². The minimum Gasteiger partial charge on any atom is -0.480 e. The molecule has 1 atom stereocenters. The number of aliphatic carboxylic acids is 1. The van der Waals surface area contributed by atoms with Crippen molar-refractivity contribution in [3.05, 3.63) is 0 Å². The summed E-state index contributed by atoms with van der Waals surface area (Å²) in [6.45, 7) is 4.51. The first-order valence-corrected chi connectivity index (χ1v) is 6.24. The van der Waals surface area contributed by atoms with Crippen molar-refractivity contribution in [3.8, 4) is 0 Å². The second-order valence-electron chi connectivity index (χ2n) is 5.07. The lowest BCUT2D eigenvalue weighted by Crippen LogP contribution is -2.42. The minimum absolute atomic E-state index is 0.189. The Balaban J connectivity index is 2.21. The summed E-state index contributed by atoms with van der Waals surface area (Å²) >= 11 is 0. The molecule has 0 aromatic heterocycles. The highest BCUT2D eigenvalue weighted by molar-refractivity contribution is 5.83. The number of carboxylic acid groups (broad SMARTS) is 1. The molecule has 1 aliphatic carbocycles. The number of rotatable bonds is 8. The molecule has 1 saturated carbocycles. The quantitative estimate of drug-likeness (QED) is 0.586. The standard InChI is InChI=1S/C12H22N2O3/c1-8(2)7-10(12(16)17)14-11(15)5-6-13-9-3-4-9/h8-10,13H,3-7H2,1-2H3,(H,14,15)(H,16,17)/t10-/m0/s1. The largest absolute Gasteiger partial charge is 0.480 e. The van der Waals surface area contributed by atoms with Gasteiger partial charge in [-0.15, -0.1) is 0 Å². The van der Waals surface area contributed by atoms with E-state index in [9.17, 15) is 9.59 Å². The van der Waals surface area contributed by atoms with E-state index in [1.54, 1.807) is 0 Å². The van der Waals surface area contributed by atoms with Crippen molar-refractivity contribution in [1.29, 1.82) is 0 Å². The monoisotopic (exact) mass is 242 g/mol. The molecule has 0 aromatic carbocycles. The van der Waals surface area contributed by atoms with Crippen LogP contribution in [0.25, 0.3) is 0 Å². The maximum absolute atomic E-state index is 11.5. The second kappa shape index (κ2) is 6.59. The average Bonchev–Trinajstić information content (AvgIpc) is 2.99. The average molecular weight is 242 g/mol. The zero-order chi connectivity index (χ0) is 12.8. The van der Waals surface area contributed by atoms with E-state index in [4.69, 9.17) is 5.11 Å². The molecule has 1 aliphatic rings. The van der Waals surface area contributed by atoms with Crippen LogP contribution in [0.4, 0.5) is 0 Å². The number of amides is 1. The molecule has 0 bridgehead atoms. The molecular weight excluding hydrogens is 220 g/mol. The number of hydrogen-bond acceptors (Lipinski definition) is 3. The Hall–Kier alpha value is -1.10. The van der Waals surface area contributed by atoms with Gasteiger partial charge in [0, 0.05) is 19.0 Å². The van der Waals surface area contributed by atoms with Crippen molar-refractivity contribution < 1.29 is 14.7 Å². The Morgan fingerprint density at radius 1 is 1.35 bits per heavy atom. The molecule has 0 aliphatic heterocycles. The van der Waals surface area contributed by atoms with Gasteiger partial charge in [-0.1, -0.05) is 13.8 Å². The zero-order valence-electron chi connectivity index (χ0n) is 10.5. The van der Waals surface area contributed by atoms with Crippen LogP contribution >= 0.6 is 0 Å². The van der Waals surface area contributed by atoms with Gasteiger partial charge in [-0.3, -0.25) is 4.79 Å². The summed E-state index contributed by atoms with van der Waals surface area (Å²) in [5.41, 5.74) is 0. The summed E-state index contributed by atoms with van der Waals surface area (Å²) in [4.78, 5) is 22.5. The van der Waals surface area contributed by atoms with Crippen molar-refractivity contribution in [2.45, 2.75) is 51.6 Å². The van der Waals surface area contributed by atoms with E-state index in [-0.39, 0.29) is 11.8 Å². The van der Waals surface area contributed by atoms with Crippen molar-refractivity contribution >= 4 is 11.9 Å². The highest BCUT2D eigenvalue weighted by Crippen LogP contribution is 2.18. The number of hydrogen-bond donors (Lipinski definition) is 3. The molecule has 0 spiro atoms. The fourth-order valence-electron chi connectivity index (χ4n) is 1.64. The summed E-state index contributed by atoms with van der Waals surface area (Å²) < 4.78 is 0. The maximum atomic E-state index is 11.5. The molecule has 5 nitrogen and oxygen atoms in total. The third kappa shape index (κ3) is 6.26. The molecule has 0 unspecified atom stereocenters. The van der Waals surface area contributed by atoms with Crippen LogP contribution in [0.2, 0.25) is 0 Å². The number of nitrogens with one attached hydrogen (secondary N) is 2. The number of carbonyl (C=O) groups excluding carboxylic acids is 1. The van der Waals surface area contributed by atoms with Crippen molar-refractivity contribution in [2.24, 2.45) is 5.92 Å². The summed E-state index contributed by atoms with van der Waals surface area (Å²) in [6, 6.07) is -0.183. The molecule has 17 heavy (non-hydrogen) atoms. The van der Waals surface area contributed by atoms with Crippen LogP contribution in [0.15, 0.2) is 0 Å². The van der Waals surface area contributed by atoms with E-state index in [1.165, 1.54) is 12.8 Å². The third-order valence-corrected chi connectivity index (χ3v) is 2.70. The van der Waals surface area contributed by atoms with Crippen LogP contribution in [0.3, 0.4) is 0 Å². The molecule has 3 N–H and O–H groups in total. The first-order chi connectivity index (χ1) is 7.99.